The topological polar surface area (TPSA) is 66.5 Å². The normalized spacial score (nSPS) is 31.8. The number of hydrogen-bond acceptors (Lipinski definition) is 3. The average Bonchev–Trinajstić information content (AvgIpc) is 2.54. The van der Waals surface area contributed by atoms with E-state index in [-0.39, 0.29) is 28.6 Å². The summed E-state index contributed by atoms with van der Waals surface area (Å²) in [5.41, 5.74) is -0.280. The number of urea groups is 1. The first-order chi connectivity index (χ1) is 7.19. The molecule has 2 atom stereocenters. The number of nitrogens with one attached hydrogen (secondary N) is 1. The van der Waals surface area contributed by atoms with Crippen LogP contribution in [-0.2, 0) is 9.84 Å². The number of carbonyl (C=O) groups is 1. The van der Waals surface area contributed by atoms with Gasteiger partial charge in [0, 0.05) is 18.1 Å². The molecule has 2 amide bonds. The molecule has 1 N–H and O–H groups in total. The van der Waals surface area contributed by atoms with E-state index in [0.717, 1.165) is 0 Å². The van der Waals surface area contributed by atoms with Crippen molar-refractivity contribution in [3.8, 4) is 0 Å². The van der Waals surface area contributed by atoms with E-state index in [0.29, 0.717) is 13.0 Å². The Bertz CT molecular complexity index is 410. The van der Waals surface area contributed by atoms with E-state index >= 15 is 0 Å². The second-order valence-corrected chi connectivity index (χ2v) is 8.00. The summed E-state index contributed by atoms with van der Waals surface area (Å²) in [6.45, 7) is 6.09. The third-order valence-electron chi connectivity index (χ3n) is 3.05. The van der Waals surface area contributed by atoms with Crippen LogP contribution in [0.25, 0.3) is 0 Å². The Kier molecular flexibility index (Phi) is 2.45. The van der Waals surface area contributed by atoms with Crippen LogP contribution in [0.1, 0.15) is 27.2 Å². The maximum Gasteiger partial charge on any atom is 0.318 e. The van der Waals surface area contributed by atoms with Crippen LogP contribution in [0.5, 0.6) is 0 Å². The largest absolute Gasteiger partial charge is 0.333 e. The zero-order valence-corrected chi connectivity index (χ0v) is 10.7. The highest BCUT2D eigenvalue weighted by Crippen LogP contribution is 2.32. The van der Waals surface area contributed by atoms with Gasteiger partial charge in [-0.2, -0.15) is 0 Å². The van der Waals surface area contributed by atoms with Crippen LogP contribution in [0, 0.1) is 0 Å². The molecule has 0 saturated carbocycles. The minimum atomic E-state index is -2.92. The van der Waals surface area contributed by atoms with E-state index in [2.05, 4.69) is 5.32 Å². The molecular weight excluding hydrogens is 228 g/mol. The fourth-order valence-electron chi connectivity index (χ4n) is 2.34. The molecule has 92 valence electrons. The van der Waals surface area contributed by atoms with Gasteiger partial charge in [0.1, 0.15) is 0 Å². The van der Waals surface area contributed by atoms with Crippen molar-refractivity contribution in [3.05, 3.63) is 0 Å². The van der Waals surface area contributed by atoms with Gasteiger partial charge in [-0.15, -0.1) is 0 Å². The first-order valence-corrected chi connectivity index (χ1v) is 7.21. The summed E-state index contributed by atoms with van der Waals surface area (Å²) >= 11 is 0. The highest BCUT2D eigenvalue weighted by Gasteiger charge is 2.50. The summed E-state index contributed by atoms with van der Waals surface area (Å²) in [6, 6.07) is -0.257. The van der Waals surface area contributed by atoms with E-state index in [1.807, 2.05) is 20.8 Å². The predicted molar refractivity (Wildman–Crippen MR) is 61.0 cm³/mol. The summed E-state index contributed by atoms with van der Waals surface area (Å²) in [7, 11) is -2.92. The number of sulfone groups is 1. The smallest absolute Gasteiger partial charge is 0.318 e. The first-order valence-electron chi connectivity index (χ1n) is 5.49. The van der Waals surface area contributed by atoms with Gasteiger partial charge >= 0.3 is 6.03 Å². The fourth-order valence-corrected chi connectivity index (χ4v) is 4.37. The lowest BCUT2D eigenvalue weighted by Crippen LogP contribution is -2.53. The molecule has 2 bridgehead atoms. The van der Waals surface area contributed by atoms with Crippen LogP contribution >= 0.6 is 0 Å². The molecule has 0 aliphatic carbocycles. The summed E-state index contributed by atoms with van der Waals surface area (Å²) in [4.78, 5) is 13.5. The van der Waals surface area contributed by atoms with Gasteiger partial charge in [-0.1, -0.05) is 0 Å². The van der Waals surface area contributed by atoms with E-state index in [9.17, 15) is 13.2 Å². The van der Waals surface area contributed by atoms with E-state index in [1.165, 1.54) is 0 Å². The third kappa shape index (κ3) is 2.03. The molecule has 0 spiro atoms. The van der Waals surface area contributed by atoms with Crippen molar-refractivity contribution < 1.29 is 13.2 Å². The van der Waals surface area contributed by atoms with Crippen LogP contribution in [0.15, 0.2) is 0 Å². The standard InChI is InChI=1S/C10H18N2O3S/c1-10(2,3)11-9(13)12-5-8-4-7(12)6-16(8,14)15/h7-8H,4-6H2,1-3H3,(H,11,13). The van der Waals surface area contributed by atoms with Crippen molar-refractivity contribution >= 4 is 15.9 Å². The number of hydrogen-bond donors (Lipinski definition) is 1. The summed E-state index contributed by atoms with van der Waals surface area (Å²) < 4.78 is 23.0. The van der Waals surface area contributed by atoms with Gasteiger partial charge in [0.15, 0.2) is 9.84 Å². The van der Waals surface area contributed by atoms with Crippen molar-refractivity contribution in [2.75, 3.05) is 12.3 Å². The van der Waals surface area contributed by atoms with Crippen LogP contribution in [0.2, 0.25) is 0 Å². The number of likely N-dealkylation sites (tertiary alicyclic amines) is 1. The average molecular weight is 246 g/mol. The van der Waals surface area contributed by atoms with Gasteiger partial charge in [-0.25, -0.2) is 13.2 Å². The second-order valence-electron chi connectivity index (χ2n) is 5.67. The van der Waals surface area contributed by atoms with Crippen LogP contribution in [0.3, 0.4) is 0 Å². The van der Waals surface area contributed by atoms with Gasteiger partial charge in [0.2, 0.25) is 0 Å². The maximum absolute atomic E-state index is 11.9. The van der Waals surface area contributed by atoms with Crippen LogP contribution < -0.4 is 5.32 Å². The van der Waals surface area contributed by atoms with Gasteiger partial charge in [0.05, 0.1) is 11.0 Å². The minimum absolute atomic E-state index is 0.114. The molecule has 2 heterocycles. The summed E-state index contributed by atoms with van der Waals surface area (Å²) in [5, 5.41) is 2.54. The Hall–Kier alpha value is -0.780. The monoisotopic (exact) mass is 246 g/mol. The van der Waals surface area contributed by atoms with E-state index in [1.54, 1.807) is 4.90 Å². The molecule has 2 rings (SSSR count). The number of rotatable bonds is 0. The molecule has 6 heteroatoms. The molecule has 0 aromatic rings. The molecular formula is C10H18N2O3S. The molecule has 16 heavy (non-hydrogen) atoms. The third-order valence-corrected chi connectivity index (χ3v) is 5.26. The number of carbonyl (C=O) groups excluding carboxylic acids is 1. The molecule has 5 nitrogen and oxygen atoms in total. The van der Waals surface area contributed by atoms with E-state index in [4.69, 9.17) is 0 Å². The fraction of sp³-hybridized carbons (Fsp3) is 0.900. The lowest BCUT2D eigenvalue weighted by atomic mass is 10.1. The second kappa shape index (κ2) is 3.35. The van der Waals surface area contributed by atoms with Crippen molar-refractivity contribution in [2.45, 2.75) is 44.0 Å². The number of amides is 2. The van der Waals surface area contributed by atoms with Crippen molar-refractivity contribution in [2.24, 2.45) is 0 Å². The highest BCUT2D eigenvalue weighted by molar-refractivity contribution is 7.92. The number of fused-ring (bicyclic) bond motifs is 2. The molecule has 2 fully saturated rings. The zero-order valence-electron chi connectivity index (χ0n) is 9.86. The SMILES string of the molecule is CC(C)(C)NC(=O)N1CC2CC1CS2(=O)=O. The molecule has 0 aromatic heterocycles. The Morgan fingerprint density at radius 2 is 2.00 bits per heavy atom. The lowest BCUT2D eigenvalue weighted by Gasteiger charge is -2.30. The van der Waals surface area contributed by atoms with E-state index < -0.39 is 9.84 Å². The zero-order chi connectivity index (χ0) is 12.1. The number of nitrogens with zero attached hydrogens (tertiary/aromatic N) is 1. The van der Waals surface area contributed by atoms with Crippen LogP contribution in [-0.4, -0.2) is 48.5 Å². The Balaban J connectivity index is 2.04. The lowest BCUT2D eigenvalue weighted by molar-refractivity contribution is 0.186. The molecule has 0 radical (unpaired) electrons. The summed E-state index contributed by atoms with van der Waals surface area (Å²) in [5.74, 6) is 0.134. The maximum atomic E-state index is 11.9. The molecule has 2 aliphatic heterocycles. The minimum Gasteiger partial charge on any atom is -0.333 e. The Morgan fingerprint density at radius 1 is 1.38 bits per heavy atom. The quantitative estimate of drug-likeness (QED) is 0.671. The van der Waals surface area contributed by atoms with Crippen molar-refractivity contribution in [3.63, 3.8) is 0 Å². The molecule has 2 unspecified atom stereocenters. The van der Waals surface area contributed by atoms with Gasteiger partial charge < -0.3 is 10.2 Å². The van der Waals surface area contributed by atoms with Gasteiger partial charge in [-0.3, -0.25) is 0 Å². The van der Waals surface area contributed by atoms with Gasteiger partial charge in [0.25, 0.3) is 0 Å². The summed E-state index contributed by atoms with van der Waals surface area (Å²) in [6.07, 6.45) is 0.611. The van der Waals surface area contributed by atoms with Crippen molar-refractivity contribution in [1.29, 1.82) is 0 Å². The molecule has 2 saturated heterocycles. The first kappa shape index (κ1) is 11.7. The van der Waals surface area contributed by atoms with Crippen LogP contribution in [0.4, 0.5) is 4.79 Å². The van der Waals surface area contributed by atoms with Gasteiger partial charge in [-0.05, 0) is 27.2 Å². The molecule has 0 aromatic carbocycles. The predicted octanol–water partition coefficient (Wildman–Crippen LogP) is 0.366. The van der Waals surface area contributed by atoms with Crippen molar-refractivity contribution in [1.82, 2.24) is 10.2 Å². The molecule has 2 aliphatic rings. The Labute approximate surface area is 96.1 Å². The Morgan fingerprint density at radius 3 is 2.38 bits per heavy atom. The highest BCUT2D eigenvalue weighted by atomic mass is 32.2.